The molecule has 0 saturated carbocycles. The molecule has 0 spiro atoms. The number of fused-ring (bicyclic) bond motifs is 2. The molecule has 1 unspecified atom stereocenters. The van der Waals surface area contributed by atoms with E-state index in [0.29, 0.717) is 5.78 Å². The van der Waals surface area contributed by atoms with Gasteiger partial charge in [-0.3, -0.25) is 9.69 Å². The summed E-state index contributed by atoms with van der Waals surface area (Å²) in [5, 5.41) is 0. The van der Waals surface area contributed by atoms with E-state index in [4.69, 9.17) is 0 Å². The summed E-state index contributed by atoms with van der Waals surface area (Å²) in [4.78, 5) is 14.4. The van der Waals surface area contributed by atoms with Gasteiger partial charge in [-0.15, -0.1) is 12.4 Å². The van der Waals surface area contributed by atoms with E-state index in [-0.39, 0.29) is 18.4 Å². The second-order valence-corrected chi connectivity index (χ2v) is 7.88. The number of carbonyl (C=O) groups excluding carboxylic acids is 1. The number of nitrogens with zero attached hydrogens (tertiary/aromatic N) is 1. The van der Waals surface area contributed by atoms with Crippen LogP contribution in [0.4, 0.5) is 0 Å². The van der Waals surface area contributed by atoms with Crippen molar-refractivity contribution in [2.24, 2.45) is 0 Å². The third-order valence-electron chi connectivity index (χ3n) is 6.13. The van der Waals surface area contributed by atoms with E-state index in [1.807, 2.05) is 0 Å². The van der Waals surface area contributed by atoms with Crippen molar-refractivity contribution in [1.82, 2.24) is 4.90 Å². The van der Waals surface area contributed by atoms with Crippen molar-refractivity contribution in [1.29, 1.82) is 0 Å². The van der Waals surface area contributed by atoms with Gasteiger partial charge in [0.1, 0.15) is 5.78 Å². The highest BCUT2D eigenvalue weighted by molar-refractivity contribution is 5.85. The smallest absolute Gasteiger partial charge is 0.146 e. The van der Waals surface area contributed by atoms with Crippen molar-refractivity contribution in [2.75, 3.05) is 13.1 Å². The number of halogens is 1. The van der Waals surface area contributed by atoms with E-state index < -0.39 is 0 Å². The summed E-state index contributed by atoms with van der Waals surface area (Å²) in [6.07, 6.45) is 9.02. The van der Waals surface area contributed by atoms with Crippen LogP contribution in [0.5, 0.6) is 0 Å². The third kappa shape index (κ3) is 4.39. The maximum Gasteiger partial charge on any atom is 0.146 e. The fourth-order valence-corrected chi connectivity index (χ4v) is 4.73. The Balaban J connectivity index is 0.00000225. The highest BCUT2D eigenvalue weighted by Crippen LogP contribution is 2.33. The average Bonchev–Trinajstić information content (AvgIpc) is 2.86. The number of carbonyl (C=O) groups is 1. The molecule has 0 bridgehead atoms. The minimum absolute atomic E-state index is 0. The molecule has 1 fully saturated rings. The van der Waals surface area contributed by atoms with Crippen LogP contribution in [-0.2, 0) is 17.6 Å². The van der Waals surface area contributed by atoms with Gasteiger partial charge in [0, 0.05) is 6.54 Å². The Labute approximate surface area is 175 Å². The lowest BCUT2D eigenvalue weighted by atomic mass is 9.93. The van der Waals surface area contributed by atoms with Crippen molar-refractivity contribution in [3.8, 4) is 0 Å². The molecule has 0 aromatic heterocycles. The Hall–Kier alpha value is -1.90. The molecule has 2 aliphatic rings. The Bertz CT molecular complexity index is 808. The van der Waals surface area contributed by atoms with Gasteiger partial charge < -0.3 is 0 Å². The largest absolute Gasteiger partial charge is 0.298 e. The van der Waals surface area contributed by atoms with E-state index >= 15 is 0 Å². The zero-order chi connectivity index (χ0) is 18.6. The molecule has 0 N–H and O–H groups in total. The molecule has 1 heterocycles. The molecule has 1 aliphatic heterocycles. The summed E-state index contributed by atoms with van der Waals surface area (Å²) < 4.78 is 0. The van der Waals surface area contributed by atoms with Crippen molar-refractivity contribution in [3.05, 3.63) is 76.9 Å². The second kappa shape index (κ2) is 9.54. The van der Waals surface area contributed by atoms with Gasteiger partial charge in [-0.1, -0.05) is 61.0 Å². The second-order valence-electron chi connectivity index (χ2n) is 7.88. The molecule has 4 rings (SSSR count). The van der Waals surface area contributed by atoms with Gasteiger partial charge >= 0.3 is 0 Å². The van der Waals surface area contributed by atoms with Crippen molar-refractivity contribution in [3.63, 3.8) is 0 Å². The first-order valence-electron chi connectivity index (χ1n) is 10.4. The van der Waals surface area contributed by atoms with Crippen LogP contribution in [-0.4, -0.2) is 29.8 Å². The number of rotatable bonds is 4. The van der Waals surface area contributed by atoms with Gasteiger partial charge in [0.25, 0.3) is 0 Å². The molecule has 1 aliphatic carbocycles. The number of hydrogen-bond donors (Lipinski definition) is 0. The average molecular weight is 396 g/mol. The summed E-state index contributed by atoms with van der Waals surface area (Å²) in [6, 6.07) is 17.8. The van der Waals surface area contributed by atoms with Crippen molar-refractivity contribution < 1.29 is 4.79 Å². The van der Waals surface area contributed by atoms with E-state index in [1.54, 1.807) is 6.92 Å². The molecule has 0 radical (unpaired) electrons. The van der Waals surface area contributed by atoms with Gasteiger partial charge in [0.05, 0.1) is 6.04 Å². The van der Waals surface area contributed by atoms with Gasteiger partial charge in [0.15, 0.2) is 0 Å². The van der Waals surface area contributed by atoms with Crippen LogP contribution in [0.2, 0.25) is 0 Å². The topological polar surface area (TPSA) is 20.3 Å². The number of aryl methyl sites for hydroxylation is 2. The molecule has 3 heteroatoms. The van der Waals surface area contributed by atoms with Crippen LogP contribution in [0.15, 0.2) is 54.6 Å². The van der Waals surface area contributed by atoms with Crippen molar-refractivity contribution in [2.45, 2.75) is 51.5 Å². The molecule has 148 valence electrons. The number of ketones is 1. The lowest BCUT2D eigenvalue weighted by molar-refractivity contribution is -0.123. The molecule has 1 atom stereocenters. The summed E-state index contributed by atoms with van der Waals surface area (Å²) >= 11 is 0. The van der Waals surface area contributed by atoms with E-state index in [9.17, 15) is 4.79 Å². The summed E-state index contributed by atoms with van der Waals surface area (Å²) in [5.74, 6) is 0.326. The molecule has 2 nitrogen and oxygen atoms in total. The first-order chi connectivity index (χ1) is 13.2. The molecule has 2 aromatic carbocycles. The summed E-state index contributed by atoms with van der Waals surface area (Å²) in [6.45, 7) is 3.78. The number of piperidine rings is 1. The minimum Gasteiger partial charge on any atom is -0.298 e. The van der Waals surface area contributed by atoms with Gasteiger partial charge in [-0.05, 0) is 73.4 Å². The number of hydrogen-bond acceptors (Lipinski definition) is 2. The number of likely N-dealkylation sites (tertiary alicyclic amines) is 1. The Kier molecular flexibility index (Phi) is 7.09. The molecule has 28 heavy (non-hydrogen) atoms. The zero-order valence-corrected chi connectivity index (χ0v) is 17.5. The van der Waals surface area contributed by atoms with E-state index in [0.717, 1.165) is 38.8 Å². The summed E-state index contributed by atoms with van der Waals surface area (Å²) in [7, 11) is 0. The highest BCUT2D eigenvalue weighted by atomic mass is 35.5. The number of benzene rings is 2. The van der Waals surface area contributed by atoms with Gasteiger partial charge in [-0.2, -0.15) is 0 Å². The minimum atomic E-state index is 0. The highest BCUT2D eigenvalue weighted by Gasteiger charge is 2.25. The maximum atomic E-state index is 12.0. The third-order valence-corrected chi connectivity index (χ3v) is 6.13. The first-order valence-corrected chi connectivity index (χ1v) is 10.4. The van der Waals surface area contributed by atoms with E-state index in [1.165, 1.54) is 40.7 Å². The molecule has 0 amide bonds. The Morgan fingerprint density at radius 1 is 1.00 bits per heavy atom. The quantitative estimate of drug-likeness (QED) is 0.683. The molecule has 2 aromatic rings. The lowest BCUT2D eigenvalue weighted by Crippen LogP contribution is -2.44. The normalized spacial score (nSPS) is 19.0. The predicted molar refractivity (Wildman–Crippen MR) is 119 cm³/mol. The van der Waals surface area contributed by atoms with Crippen LogP contribution < -0.4 is 0 Å². The standard InChI is InChI=1S/C25H29NO.ClH/c1-19(27)25-14-6-7-17-26(25)18-8-13-24-22-11-4-2-9-20(22)15-16-21-10-3-5-12-23(21)24;/h2-5,9-13,25H,6-8,14-18H2,1H3;1H. The predicted octanol–water partition coefficient (Wildman–Crippen LogP) is 5.47. The van der Waals surface area contributed by atoms with Crippen LogP contribution in [0.3, 0.4) is 0 Å². The Morgan fingerprint density at radius 3 is 2.21 bits per heavy atom. The lowest BCUT2D eigenvalue weighted by Gasteiger charge is -2.33. The molecular weight excluding hydrogens is 366 g/mol. The Morgan fingerprint density at radius 2 is 1.61 bits per heavy atom. The number of Topliss-reactive ketones (excluding diaryl/α,β-unsaturated/α-hetero) is 1. The van der Waals surface area contributed by atoms with Crippen LogP contribution in [0.1, 0.15) is 54.9 Å². The fourth-order valence-electron chi connectivity index (χ4n) is 4.73. The molecular formula is C25H30ClNO. The zero-order valence-electron chi connectivity index (χ0n) is 16.7. The first kappa shape index (κ1) is 20.8. The fraction of sp³-hybridized carbons (Fsp3) is 0.400. The SMILES string of the molecule is CC(=O)C1CCCCN1CCC=C1c2ccccc2CCc2ccccc21.Cl. The maximum absolute atomic E-state index is 12.0. The van der Waals surface area contributed by atoms with Crippen molar-refractivity contribution >= 4 is 23.8 Å². The van der Waals surface area contributed by atoms with Crippen LogP contribution >= 0.6 is 12.4 Å². The molecule has 1 saturated heterocycles. The summed E-state index contributed by atoms with van der Waals surface area (Å²) in [5.41, 5.74) is 7.02. The van der Waals surface area contributed by atoms with Crippen LogP contribution in [0.25, 0.3) is 5.57 Å². The monoisotopic (exact) mass is 395 g/mol. The van der Waals surface area contributed by atoms with Gasteiger partial charge in [0.2, 0.25) is 0 Å². The van der Waals surface area contributed by atoms with Crippen LogP contribution in [0, 0.1) is 0 Å². The van der Waals surface area contributed by atoms with Gasteiger partial charge in [-0.25, -0.2) is 0 Å². The van der Waals surface area contributed by atoms with E-state index in [2.05, 4.69) is 59.5 Å².